The van der Waals surface area contributed by atoms with Crippen LogP contribution >= 0.6 is 0 Å². The van der Waals surface area contributed by atoms with Crippen LogP contribution in [0.15, 0.2) is 0 Å². The topological polar surface area (TPSA) is 203 Å². The summed E-state index contributed by atoms with van der Waals surface area (Å²) in [7, 11) is 0. The van der Waals surface area contributed by atoms with E-state index >= 15 is 0 Å². The second-order valence-corrected chi connectivity index (χ2v) is 7.92. The van der Waals surface area contributed by atoms with Gasteiger partial charge >= 0.3 is 148 Å². The molecule has 0 amide bonds. The molecule has 0 saturated carbocycles. The van der Waals surface area contributed by atoms with Crippen molar-refractivity contribution in [3.05, 3.63) is 0 Å². The van der Waals surface area contributed by atoms with Crippen LogP contribution in [0.3, 0.4) is 0 Å². The molecule has 0 aromatic carbocycles. The third-order valence-electron chi connectivity index (χ3n) is 3.49. The van der Waals surface area contributed by atoms with E-state index in [1.807, 2.05) is 38.3 Å². The van der Waals surface area contributed by atoms with Gasteiger partial charge < -0.3 is 15.3 Å². The Morgan fingerprint density at radius 2 is 1.19 bits per heavy atom. The van der Waals surface area contributed by atoms with Gasteiger partial charge in [-0.25, -0.2) is 0 Å². The van der Waals surface area contributed by atoms with Crippen molar-refractivity contribution in [2.24, 2.45) is 0 Å². The Morgan fingerprint density at radius 1 is 0.781 bits per heavy atom. The molecule has 1 rings (SSSR count). The third-order valence-corrected chi connectivity index (χ3v) is 4.51. The molecule has 0 bridgehead atoms. The maximum absolute atomic E-state index is 9.83. The number of aliphatic hydroxyl groups is 3. The molecule has 193 valence electrons. The van der Waals surface area contributed by atoms with Crippen molar-refractivity contribution in [1.29, 1.82) is 0 Å². The Hall–Kier alpha value is -0.545. The number of nitrogens with one attached hydrogen (secondary N) is 2. The first kappa shape index (κ1) is 36.0. The first-order valence-corrected chi connectivity index (χ1v) is 10.9. The molecular weight excluding hydrogens is 573 g/mol. The fraction of sp³-hybridized carbons (Fsp3) is 0.833. The zero-order valence-electron chi connectivity index (χ0n) is 18.9. The van der Waals surface area contributed by atoms with Crippen molar-refractivity contribution in [3.63, 3.8) is 0 Å². The monoisotopic (exact) mass is 613 g/mol. The summed E-state index contributed by atoms with van der Waals surface area (Å²) in [5, 5.41) is 57.4. The summed E-state index contributed by atoms with van der Waals surface area (Å²) >= 11 is 1.86. The van der Waals surface area contributed by atoms with Crippen LogP contribution in [0.2, 0.25) is 0 Å². The molecule has 0 aromatic rings. The van der Waals surface area contributed by atoms with Crippen LogP contribution in [0.5, 0.6) is 0 Å². The summed E-state index contributed by atoms with van der Waals surface area (Å²) in [6.07, 6.45) is -0.901. The summed E-state index contributed by atoms with van der Waals surface area (Å²) in [4.78, 5) is 29.1. The van der Waals surface area contributed by atoms with Gasteiger partial charge in [-0.3, -0.25) is 14.4 Å². The molecule has 0 aromatic heterocycles. The summed E-state index contributed by atoms with van der Waals surface area (Å²) in [5.74, 6) is -2.50. The molecule has 0 radical (unpaired) electrons. The third kappa shape index (κ3) is 31.6. The predicted molar refractivity (Wildman–Crippen MR) is 113 cm³/mol. The van der Waals surface area contributed by atoms with E-state index in [1.165, 1.54) is 0 Å². The van der Waals surface area contributed by atoms with Gasteiger partial charge in [0.25, 0.3) is 17.9 Å². The standard InChI is InChI=1S/C12H27N4O3.3C2H4O2.Gd/c17-9-11(12(19)10-18)16-7-5-14-3-1-13-2-4-15-6-8-16;3*1-2(3)4;/h11-14,17-19H,1-10H2;3*1H3,(H,3,4);/q-1;;;;+1. The second kappa shape index (κ2) is 25.1. The number of rotatable bonds is 4. The van der Waals surface area contributed by atoms with Gasteiger partial charge in [-0.05, 0) is 0 Å². The molecule has 8 N–H and O–H groups in total. The summed E-state index contributed by atoms with van der Waals surface area (Å²) < 4.78 is 2.26. The Kier molecular flexibility index (Phi) is 28.2. The van der Waals surface area contributed by atoms with Crippen LogP contribution < -0.4 is 10.6 Å². The van der Waals surface area contributed by atoms with Crippen LogP contribution in [0.25, 0.3) is 0 Å². The average Bonchev–Trinajstić information content (AvgIpc) is 2.65. The van der Waals surface area contributed by atoms with Gasteiger partial charge in [0, 0.05) is 20.8 Å². The fourth-order valence-corrected chi connectivity index (χ4v) is 2.72. The van der Waals surface area contributed by atoms with Crippen LogP contribution in [0, 0.1) is 38.3 Å². The summed E-state index contributed by atoms with van der Waals surface area (Å²) in [6.45, 7) is 9.80. The van der Waals surface area contributed by atoms with Crippen molar-refractivity contribution in [3.8, 4) is 0 Å². The Labute approximate surface area is 215 Å². The number of aliphatic hydroxyl groups excluding tert-OH is 3. The van der Waals surface area contributed by atoms with Crippen molar-refractivity contribution in [1.82, 2.24) is 16.6 Å². The van der Waals surface area contributed by atoms with E-state index in [-0.39, 0.29) is 13.2 Å². The van der Waals surface area contributed by atoms with E-state index < -0.39 is 30.1 Å². The zero-order valence-corrected chi connectivity index (χ0v) is 21.2. The van der Waals surface area contributed by atoms with Crippen molar-refractivity contribution in [2.45, 2.75) is 32.9 Å². The quantitative estimate of drug-likeness (QED) is 0.162. The number of nitrogens with zero attached hydrogens (tertiary/aromatic N) is 2. The van der Waals surface area contributed by atoms with Gasteiger partial charge in [-0.2, -0.15) is 0 Å². The molecule has 14 heteroatoms. The van der Waals surface area contributed by atoms with Gasteiger partial charge in [0.05, 0.1) is 0 Å². The minimum atomic E-state index is -0.901. The number of carboxylic acids is 3. The fourth-order valence-electron chi connectivity index (χ4n) is 2.24. The predicted octanol–water partition coefficient (Wildman–Crippen LogP) is -2.77. The van der Waals surface area contributed by atoms with Crippen molar-refractivity contribution >= 4 is 17.9 Å². The van der Waals surface area contributed by atoms with E-state index in [4.69, 9.17) is 34.8 Å². The van der Waals surface area contributed by atoms with Crippen molar-refractivity contribution < 1.29 is 83.3 Å². The molecule has 32 heavy (non-hydrogen) atoms. The molecular formula is C18H39GdN4O9. The Morgan fingerprint density at radius 3 is 1.56 bits per heavy atom. The molecule has 13 nitrogen and oxygen atoms in total. The SMILES string of the molecule is CC(=O)O.CC(=O)O.CC(=O)O.OCC(O)C(CO)N1CCNCCNCC[N]([Gd])CC1. The van der Waals surface area contributed by atoms with E-state index in [2.05, 4.69) is 16.6 Å². The maximum atomic E-state index is 9.83. The average molecular weight is 613 g/mol. The number of aliphatic carboxylic acids is 3. The molecule has 1 aliphatic rings. The number of carboxylic acid groups (broad SMARTS) is 3. The van der Waals surface area contributed by atoms with Crippen LogP contribution in [0.4, 0.5) is 0 Å². The number of hydrogen-bond acceptors (Lipinski definition) is 10. The van der Waals surface area contributed by atoms with E-state index in [1.54, 1.807) is 0 Å². The van der Waals surface area contributed by atoms with Crippen LogP contribution in [0.1, 0.15) is 20.8 Å². The first-order valence-electron chi connectivity index (χ1n) is 9.92. The molecule has 0 spiro atoms. The van der Waals surface area contributed by atoms with Gasteiger partial charge in [0.1, 0.15) is 0 Å². The molecule has 2 unspecified atom stereocenters. The van der Waals surface area contributed by atoms with E-state index in [0.29, 0.717) is 0 Å². The van der Waals surface area contributed by atoms with Gasteiger partial charge in [0.15, 0.2) is 0 Å². The molecule has 1 heterocycles. The first-order chi connectivity index (χ1) is 14.9. The molecule has 0 aliphatic carbocycles. The number of hydrogen-bond donors (Lipinski definition) is 8. The molecule has 1 saturated heterocycles. The Bertz CT molecular complexity index is 449. The molecule has 2 atom stereocenters. The zero-order chi connectivity index (χ0) is 25.5. The van der Waals surface area contributed by atoms with E-state index in [0.717, 1.165) is 73.1 Å². The van der Waals surface area contributed by atoms with Crippen LogP contribution in [-0.4, -0.2) is 132 Å². The van der Waals surface area contributed by atoms with Gasteiger partial charge in [0.2, 0.25) is 0 Å². The molecule has 1 fully saturated rings. The van der Waals surface area contributed by atoms with Crippen molar-refractivity contribution in [2.75, 3.05) is 65.6 Å². The Balaban J connectivity index is -0.000000577. The van der Waals surface area contributed by atoms with Gasteiger partial charge in [-0.1, -0.05) is 0 Å². The minimum absolute atomic E-state index is 0.144. The number of carbonyl (C=O) groups is 3. The second-order valence-electron chi connectivity index (χ2n) is 6.49. The summed E-state index contributed by atoms with van der Waals surface area (Å²) in [6, 6.07) is -0.403. The summed E-state index contributed by atoms with van der Waals surface area (Å²) in [5.41, 5.74) is 0. The molecule has 1 aliphatic heterocycles. The van der Waals surface area contributed by atoms with E-state index in [9.17, 15) is 10.2 Å². The van der Waals surface area contributed by atoms with Crippen LogP contribution in [-0.2, 0) is 14.4 Å². The van der Waals surface area contributed by atoms with Gasteiger partial charge in [-0.15, -0.1) is 0 Å². The normalized spacial score (nSPS) is 17.7.